The van der Waals surface area contributed by atoms with Gasteiger partial charge in [-0.1, -0.05) is 6.92 Å². The maximum absolute atomic E-state index is 2.46. The summed E-state index contributed by atoms with van der Waals surface area (Å²) < 4.78 is 0. The predicted octanol–water partition coefficient (Wildman–Crippen LogP) is 2.12. The van der Waals surface area contributed by atoms with Gasteiger partial charge in [0, 0.05) is 33.8 Å². The Bertz CT molecular complexity index is 63.7. The molecule has 0 heterocycles. The molecule has 60 valence electrons. The summed E-state index contributed by atoms with van der Waals surface area (Å²) in [6.45, 7) is 12.3. The van der Waals surface area contributed by atoms with Crippen LogP contribution in [0.1, 0.15) is 34.6 Å². The van der Waals surface area contributed by atoms with Gasteiger partial charge in [-0.05, 0) is 34.2 Å². The third kappa shape index (κ3) is 4.48. The predicted molar refractivity (Wildman–Crippen MR) is 42.7 cm³/mol. The number of nitrogens with zero attached hydrogens (tertiary/aromatic N) is 1. The Morgan fingerprint density at radius 1 is 1.00 bits per heavy atom. The fraction of sp³-hybridized carbons (Fsp3) is 1.00. The van der Waals surface area contributed by atoms with Crippen LogP contribution in [-0.2, 0) is 21.7 Å². The monoisotopic (exact) mass is 177 g/mol. The van der Waals surface area contributed by atoms with Crippen molar-refractivity contribution in [3.8, 4) is 0 Å². The van der Waals surface area contributed by atoms with Crippen molar-refractivity contribution in [2.75, 3.05) is 6.54 Å². The first-order valence-electron chi connectivity index (χ1n) is 3.85. The molecule has 0 aromatic rings. The smallest absolute Gasteiger partial charge is 0.00411 e. The van der Waals surface area contributed by atoms with Crippen LogP contribution in [-0.4, -0.2) is 23.5 Å². The fourth-order valence-electron chi connectivity index (χ4n) is 1.33. The van der Waals surface area contributed by atoms with Crippen molar-refractivity contribution in [2.24, 2.45) is 0 Å². The van der Waals surface area contributed by atoms with Crippen LogP contribution in [0.2, 0.25) is 0 Å². The van der Waals surface area contributed by atoms with E-state index >= 15 is 0 Å². The molecule has 0 aliphatic rings. The van der Waals surface area contributed by atoms with E-state index in [0.717, 1.165) is 6.54 Å². The Balaban J connectivity index is 0. The molecule has 0 radical (unpaired) electrons. The fourth-order valence-corrected chi connectivity index (χ4v) is 1.33. The molecule has 0 atom stereocenters. The number of hydrogen-bond donors (Lipinski definition) is 0. The summed E-state index contributed by atoms with van der Waals surface area (Å²) in [6, 6.07) is 1.38. The van der Waals surface area contributed by atoms with Crippen LogP contribution >= 0.6 is 0 Å². The normalized spacial score (nSPS) is 10.8. The van der Waals surface area contributed by atoms with E-state index in [9.17, 15) is 0 Å². The molecule has 0 aliphatic heterocycles. The minimum absolute atomic E-state index is 0. The Morgan fingerprint density at radius 2 is 1.30 bits per heavy atom. The second-order valence-corrected chi connectivity index (χ2v) is 3.02. The zero-order chi connectivity index (χ0) is 7.44. The minimum atomic E-state index is 0. The van der Waals surface area contributed by atoms with Gasteiger partial charge in [0.25, 0.3) is 0 Å². The van der Waals surface area contributed by atoms with Crippen LogP contribution in [0.5, 0.6) is 0 Å². The molecule has 0 bridgehead atoms. The zero-order valence-electron chi connectivity index (χ0n) is 7.81. The summed E-state index contributed by atoms with van der Waals surface area (Å²) in [5, 5.41) is 0. The second-order valence-electron chi connectivity index (χ2n) is 3.02. The van der Waals surface area contributed by atoms with E-state index in [0.29, 0.717) is 12.1 Å². The second kappa shape index (κ2) is 6.39. The van der Waals surface area contributed by atoms with Crippen LogP contribution in [0.15, 0.2) is 0 Å². The van der Waals surface area contributed by atoms with E-state index in [2.05, 4.69) is 39.5 Å². The molecule has 0 fully saturated rings. The van der Waals surface area contributed by atoms with Gasteiger partial charge >= 0.3 is 0 Å². The summed E-state index contributed by atoms with van der Waals surface area (Å²) in [4.78, 5) is 2.46. The average Bonchev–Trinajstić information content (AvgIpc) is 1.64. The first-order valence-corrected chi connectivity index (χ1v) is 3.85. The van der Waals surface area contributed by atoms with Crippen LogP contribution in [0.4, 0.5) is 0 Å². The first-order chi connectivity index (χ1) is 4.09. The molecule has 0 N–H and O–H groups in total. The van der Waals surface area contributed by atoms with E-state index in [1.165, 1.54) is 0 Å². The molecule has 0 aromatic heterocycles. The summed E-state index contributed by atoms with van der Waals surface area (Å²) >= 11 is 0. The summed E-state index contributed by atoms with van der Waals surface area (Å²) in [5.74, 6) is 0. The van der Waals surface area contributed by atoms with Crippen molar-refractivity contribution in [3.63, 3.8) is 0 Å². The van der Waals surface area contributed by atoms with Crippen LogP contribution in [0.3, 0.4) is 0 Å². The van der Waals surface area contributed by atoms with Gasteiger partial charge in [-0.25, -0.2) is 0 Å². The SMILES string of the molecule is CCN(C(C)C)C(C)C.[Ti]. The Labute approximate surface area is 80.1 Å². The number of rotatable bonds is 3. The Morgan fingerprint density at radius 3 is 1.30 bits per heavy atom. The standard InChI is InChI=1S/C8H19N.Ti/c1-6-9(7(2)3)8(4)5;/h7-8H,6H2,1-5H3;. The largest absolute Gasteiger partial charge is 0.299 e. The van der Waals surface area contributed by atoms with E-state index in [1.807, 2.05) is 0 Å². The summed E-state index contributed by atoms with van der Waals surface area (Å²) in [5.41, 5.74) is 0. The molecule has 2 heteroatoms. The molecule has 0 saturated carbocycles. The van der Waals surface area contributed by atoms with Gasteiger partial charge in [-0.2, -0.15) is 0 Å². The van der Waals surface area contributed by atoms with E-state index in [4.69, 9.17) is 0 Å². The molecular weight excluding hydrogens is 158 g/mol. The van der Waals surface area contributed by atoms with E-state index in [-0.39, 0.29) is 21.7 Å². The van der Waals surface area contributed by atoms with Crippen LogP contribution in [0.25, 0.3) is 0 Å². The van der Waals surface area contributed by atoms with Gasteiger partial charge in [0.05, 0.1) is 0 Å². The average molecular weight is 177 g/mol. The molecule has 0 amide bonds. The van der Waals surface area contributed by atoms with E-state index < -0.39 is 0 Å². The molecule has 0 aliphatic carbocycles. The van der Waals surface area contributed by atoms with Crippen molar-refractivity contribution in [1.29, 1.82) is 0 Å². The van der Waals surface area contributed by atoms with Crippen molar-refractivity contribution in [1.82, 2.24) is 4.90 Å². The van der Waals surface area contributed by atoms with Gasteiger partial charge < -0.3 is 0 Å². The molecule has 0 spiro atoms. The van der Waals surface area contributed by atoms with Gasteiger partial charge in [0.1, 0.15) is 0 Å². The molecule has 0 aromatic carbocycles. The molecular formula is C8H19NTi. The molecule has 10 heavy (non-hydrogen) atoms. The van der Waals surface area contributed by atoms with Crippen molar-refractivity contribution < 1.29 is 21.7 Å². The van der Waals surface area contributed by atoms with Gasteiger partial charge in [-0.15, -0.1) is 0 Å². The third-order valence-corrected chi connectivity index (χ3v) is 1.69. The maximum atomic E-state index is 2.46. The van der Waals surface area contributed by atoms with Crippen molar-refractivity contribution in [2.45, 2.75) is 46.7 Å². The summed E-state index contributed by atoms with van der Waals surface area (Å²) in [6.07, 6.45) is 0. The van der Waals surface area contributed by atoms with Crippen molar-refractivity contribution in [3.05, 3.63) is 0 Å². The minimum Gasteiger partial charge on any atom is -0.299 e. The van der Waals surface area contributed by atoms with Crippen LogP contribution < -0.4 is 0 Å². The van der Waals surface area contributed by atoms with Gasteiger partial charge in [-0.3, -0.25) is 4.90 Å². The van der Waals surface area contributed by atoms with Gasteiger partial charge in [0.15, 0.2) is 0 Å². The zero-order valence-corrected chi connectivity index (χ0v) is 9.37. The van der Waals surface area contributed by atoms with Gasteiger partial charge in [0.2, 0.25) is 0 Å². The third-order valence-electron chi connectivity index (χ3n) is 1.69. The quantitative estimate of drug-likeness (QED) is 0.597. The summed E-state index contributed by atoms with van der Waals surface area (Å²) in [7, 11) is 0. The molecule has 0 saturated heterocycles. The molecule has 1 nitrogen and oxygen atoms in total. The Kier molecular flexibility index (Phi) is 8.48. The van der Waals surface area contributed by atoms with Crippen LogP contribution in [0, 0.1) is 0 Å². The van der Waals surface area contributed by atoms with E-state index in [1.54, 1.807) is 0 Å². The Hall–Kier alpha value is 0.674. The maximum Gasteiger partial charge on any atom is 0.00411 e. The molecule has 0 unspecified atom stereocenters. The topological polar surface area (TPSA) is 3.24 Å². The first kappa shape index (κ1) is 13.3. The van der Waals surface area contributed by atoms with Crippen molar-refractivity contribution >= 4 is 0 Å². The molecule has 0 rings (SSSR count). The number of hydrogen-bond acceptors (Lipinski definition) is 1.